The third kappa shape index (κ3) is 5.06. The molecule has 226 valence electrons. The smallest absolute Gasteiger partial charge is 0.407 e. The van der Waals surface area contributed by atoms with Crippen molar-refractivity contribution in [3.8, 4) is 0 Å². The minimum Gasteiger partial charge on any atom is -0.465 e. The van der Waals surface area contributed by atoms with Crippen LogP contribution in [0, 0.1) is 6.92 Å². The Hall–Kier alpha value is -4.47. The van der Waals surface area contributed by atoms with Gasteiger partial charge < -0.3 is 19.7 Å². The molecule has 1 fully saturated rings. The van der Waals surface area contributed by atoms with Crippen LogP contribution in [0.4, 0.5) is 4.79 Å². The second kappa shape index (κ2) is 12.3. The molecule has 9 heteroatoms. The van der Waals surface area contributed by atoms with Crippen LogP contribution in [-0.2, 0) is 12.6 Å². The van der Waals surface area contributed by atoms with Gasteiger partial charge in [-0.3, -0.25) is 4.99 Å². The molecule has 0 spiro atoms. The van der Waals surface area contributed by atoms with Crippen molar-refractivity contribution in [2.75, 3.05) is 20.1 Å². The molecule has 0 saturated carbocycles. The van der Waals surface area contributed by atoms with Gasteiger partial charge in [0.1, 0.15) is 11.6 Å². The van der Waals surface area contributed by atoms with Crippen molar-refractivity contribution in [1.82, 2.24) is 19.2 Å². The number of likely N-dealkylation sites (tertiary alicyclic amines) is 1. The fourth-order valence-corrected chi connectivity index (χ4v) is 7.92. The van der Waals surface area contributed by atoms with Crippen molar-refractivity contribution >= 4 is 17.4 Å². The van der Waals surface area contributed by atoms with E-state index >= 15 is 0 Å². The van der Waals surface area contributed by atoms with Gasteiger partial charge in [-0.2, -0.15) is 5.10 Å². The van der Waals surface area contributed by atoms with Gasteiger partial charge in [-0.15, -0.1) is 11.3 Å². The van der Waals surface area contributed by atoms with Crippen molar-refractivity contribution in [3.05, 3.63) is 141 Å². The highest BCUT2D eigenvalue weighted by atomic mass is 32.1. The van der Waals surface area contributed by atoms with E-state index in [1.165, 1.54) is 4.90 Å². The van der Waals surface area contributed by atoms with E-state index in [-0.39, 0.29) is 5.92 Å². The SMILES string of the molecule is C/N=c1\sc(C2CCN(C(=O)O)CC2)c(C(O)c2cc(C)n(C(c3ccccc3)(c3ccccc3)c3ccccc3)n2)n1C. The van der Waals surface area contributed by atoms with Crippen LogP contribution in [-0.4, -0.2) is 55.7 Å². The maximum atomic E-state index is 12.1. The monoisotopic (exact) mass is 607 g/mol. The summed E-state index contributed by atoms with van der Waals surface area (Å²) < 4.78 is 4.01. The summed E-state index contributed by atoms with van der Waals surface area (Å²) in [4.78, 5) is 19.3. The lowest BCUT2D eigenvalue weighted by atomic mass is 9.77. The van der Waals surface area contributed by atoms with E-state index in [4.69, 9.17) is 5.10 Å². The number of hydrogen-bond acceptors (Lipinski definition) is 5. The van der Waals surface area contributed by atoms with Gasteiger partial charge in [-0.25, -0.2) is 9.48 Å². The summed E-state index contributed by atoms with van der Waals surface area (Å²) in [6.07, 6.45) is -0.492. The summed E-state index contributed by atoms with van der Waals surface area (Å²) in [6.45, 7) is 2.98. The molecule has 5 aromatic rings. The van der Waals surface area contributed by atoms with E-state index in [2.05, 4.69) is 41.4 Å². The molecule has 44 heavy (non-hydrogen) atoms. The second-order valence-electron chi connectivity index (χ2n) is 11.3. The van der Waals surface area contributed by atoms with Crippen LogP contribution in [0.3, 0.4) is 0 Å². The van der Waals surface area contributed by atoms with Crippen LogP contribution >= 0.6 is 11.3 Å². The summed E-state index contributed by atoms with van der Waals surface area (Å²) >= 11 is 1.57. The fraction of sp³-hybridized carbons (Fsp3) is 0.286. The lowest BCUT2D eigenvalue weighted by Crippen LogP contribution is -2.39. The van der Waals surface area contributed by atoms with Gasteiger partial charge in [-0.05, 0) is 48.4 Å². The standard InChI is InChI=1S/C35H37N5O3S/c1-24-23-29(31(41)30-32(44-33(36-2)38(30)3)25-19-21-39(22-20-25)34(42)43)37-40(24)35(26-13-7-4-8-14-26,27-15-9-5-10-16-27)28-17-11-6-12-18-28/h4-18,23,25,31,41H,19-22H2,1-3H3,(H,42,43)/b36-33-. The van der Waals surface area contributed by atoms with E-state index in [9.17, 15) is 15.0 Å². The van der Waals surface area contributed by atoms with Crippen molar-refractivity contribution < 1.29 is 15.0 Å². The number of rotatable bonds is 7. The molecule has 1 aliphatic rings. The van der Waals surface area contributed by atoms with Gasteiger partial charge >= 0.3 is 6.09 Å². The number of carboxylic acid groups (broad SMARTS) is 1. The zero-order valence-electron chi connectivity index (χ0n) is 25.2. The maximum Gasteiger partial charge on any atom is 0.407 e. The number of piperidine rings is 1. The maximum absolute atomic E-state index is 12.1. The molecule has 6 rings (SSSR count). The Morgan fingerprint density at radius 1 is 0.932 bits per heavy atom. The fourth-order valence-electron chi connectivity index (χ4n) is 6.64. The van der Waals surface area contributed by atoms with Crippen LogP contribution in [0.1, 0.15) is 63.5 Å². The number of aromatic nitrogens is 3. The normalized spacial score (nSPS) is 15.5. The Morgan fingerprint density at radius 2 is 1.43 bits per heavy atom. The molecule has 1 aliphatic heterocycles. The zero-order chi connectivity index (χ0) is 30.8. The number of nitrogens with zero attached hydrogens (tertiary/aromatic N) is 5. The number of carbonyl (C=O) groups is 1. The first-order valence-corrected chi connectivity index (χ1v) is 15.7. The first-order valence-electron chi connectivity index (χ1n) is 14.9. The predicted molar refractivity (Wildman–Crippen MR) is 172 cm³/mol. The van der Waals surface area contributed by atoms with Crippen LogP contribution in [0.25, 0.3) is 0 Å². The summed E-state index contributed by atoms with van der Waals surface area (Å²) in [7, 11) is 3.69. The number of aliphatic hydroxyl groups is 1. The number of amides is 1. The zero-order valence-corrected chi connectivity index (χ0v) is 26.0. The minimum atomic E-state index is -1.00. The molecule has 1 amide bonds. The highest BCUT2D eigenvalue weighted by molar-refractivity contribution is 7.09. The van der Waals surface area contributed by atoms with Crippen LogP contribution in [0.2, 0.25) is 0 Å². The van der Waals surface area contributed by atoms with Gasteiger partial charge in [0.05, 0.1) is 11.4 Å². The lowest BCUT2D eigenvalue weighted by molar-refractivity contribution is 0.131. The van der Waals surface area contributed by atoms with E-state index in [0.717, 1.165) is 37.8 Å². The Kier molecular flexibility index (Phi) is 8.25. The number of hydrogen-bond donors (Lipinski definition) is 2. The molecule has 1 saturated heterocycles. The highest BCUT2D eigenvalue weighted by Gasteiger charge is 2.41. The summed E-state index contributed by atoms with van der Waals surface area (Å²) in [5.74, 6) is 0.127. The molecule has 1 unspecified atom stereocenters. The largest absolute Gasteiger partial charge is 0.465 e. The third-order valence-electron chi connectivity index (χ3n) is 8.77. The van der Waals surface area contributed by atoms with Crippen LogP contribution in [0.15, 0.2) is 102 Å². The average molecular weight is 608 g/mol. The number of aliphatic hydroxyl groups excluding tert-OH is 1. The summed E-state index contributed by atoms with van der Waals surface area (Å²) in [5, 5.41) is 26.8. The Bertz CT molecular complexity index is 1710. The number of aryl methyl sites for hydroxylation is 1. The van der Waals surface area contributed by atoms with Gasteiger partial charge in [0.2, 0.25) is 0 Å². The topological polar surface area (TPSA) is 95.9 Å². The molecule has 3 heterocycles. The third-order valence-corrected chi connectivity index (χ3v) is 10.2. The van der Waals surface area contributed by atoms with Crippen LogP contribution < -0.4 is 4.80 Å². The molecule has 2 N–H and O–H groups in total. The van der Waals surface area contributed by atoms with E-state index in [1.807, 2.05) is 83.9 Å². The molecule has 8 nitrogen and oxygen atoms in total. The first kappa shape index (κ1) is 29.6. The Labute approximate surface area is 261 Å². The van der Waals surface area contributed by atoms with Crippen molar-refractivity contribution in [3.63, 3.8) is 0 Å². The molecule has 2 aromatic heterocycles. The van der Waals surface area contributed by atoms with Gasteiger partial charge in [0.15, 0.2) is 4.80 Å². The van der Waals surface area contributed by atoms with E-state index < -0.39 is 17.7 Å². The Balaban J connectivity index is 1.51. The minimum absolute atomic E-state index is 0.127. The molecule has 0 radical (unpaired) electrons. The molecule has 3 aromatic carbocycles. The summed E-state index contributed by atoms with van der Waals surface area (Å²) in [6, 6.07) is 33.1. The number of thiazole rings is 1. The Morgan fingerprint density at radius 3 is 1.89 bits per heavy atom. The van der Waals surface area contributed by atoms with Crippen molar-refractivity contribution in [1.29, 1.82) is 0 Å². The molecular weight excluding hydrogens is 570 g/mol. The van der Waals surface area contributed by atoms with Gasteiger partial charge in [0.25, 0.3) is 0 Å². The van der Waals surface area contributed by atoms with Gasteiger partial charge in [0, 0.05) is 37.8 Å². The van der Waals surface area contributed by atoms with Crippen molar-refractivity contribution in [2.45, 2.75) is 37.3 Å². The molecule has 1 atom stereocenters. The lowest BCUT2D eigenvalue weighted by Gasteiger charge is -2.37. The van der Waals surface area contributed by atoms with Crippen molar-refractivity contribution in [2.24, 2.45) is 12.0 Å². The molecular formula is C35H37N5O3S. The van der Waals surface area contributed by atoms with Gasteiger partial charge in [-0.1, -0.05) is 91.0 Å². The second-order valence-corrected chi connectivity index (χ2v) is 12.3. The van der Waals surface area contributed by atoms with E-state index in [0.29, 0.717) is 31.6 Å². The average Bonchev–Trinajstić information content (AvgIpc) is 3.62. The first-order chi connectivity index (χ1) is 21.4. The highest BCUT2D eigenvalue weighted by Crippen LogP contribution is 2.42. The molecule has 0 bridgehead atoms. The molecule has 0 aliphatic carbocycles. The number of benzene rings is 3. The quantitative estimate of drug-likeness (QED) is 0.225. The summed E-state index contributed by atoms with van der Waals surface area (Å²) in [5.41, 5.74) is 4.61. The van der Waals surface area contributed by atoms with E-state index in [1.54, 1.807) is 18.4 Å². The predicted octanol–water partition coefficient (Wildman–Crippen LogP) is 5.90. The van der Waals surface area contributed by atoms with Crippen LogP contribution in [0.5, 0.6) is 0 Å².